The molecule has 1 aliphatic carbocycles. The quantitative estimate of drug-likeness (QED) is 0.474. The van der Waals surface area contributed by atoms with Crippen LogP contribution in [-0.2, 0) is 17.8 Å². The van der Waals surface area contributed by atoms with E-state index in [0.29, 0.717) is 24.8 Å². The molecule has 2 N–H and O–H groups in total. The summed E-state index contributed by atoms with van der Waals surface area (Å²) in [6, 6.07) is 8.59. The van der Waals surface area contributed by atoms with Crippen molar-refractivity contribution in [1.82, 2.24) is 19.9 Å². The Balaban J connectivity index is 1.23. The van der Waals surface area contributed by atoms with E-state index in [0.717, 1.165) is 90.6 Å². The lowest BCUT2D eigenvalue weighted by atomic mass is 9.93. The second-order valence-electron chi connectivity index (χ2n) is 10.7. The number of thiazole rings is 1. The number of aromatic nitrogens is 3. The number of fused-ring (bicyclic) bond motifs is 1. The highest BCUT2D eigenvalue weighted by atomic mass is 32.1. The Kier molecular flexibility index (Phi) is 7.35. The highest BCUT2D eigenvalue weighted by Gasteiger charge is 2.23. The molecule has 2 aromatic heterocycles. The first-order chi connectivity index (χ1) is 18.1. The van der Waals surface area contributed by atoms with Crippen molar-refractivity contribution in [2.45, 2.75) is 82.9 Å². The fourth-order valence-corrected chi connectivity index (χ4v) is 6.84. The molecule has 0 radical (unpaired) electrons. The van der Waals surface area contributed by atoms with Gasteiger partial charge in [-0.15, -0.1) is 11.3 Å². The zero-order chi connectivity index (χ0) is 25.2. The predicted octanol–water partition coefficient (Wildman–Crippen LogP) is 4.51. The van der Waals surface area contributed by atoms with Gasteiger partial charge >= 0.3 is 0 Å². The SMILES string of the molecule is O=C1CCCN1c1ccc2nc(Cc3cc(CN4CCCCC4)nc(NC4CCC(O)CC4)n3)sc2c1. The van der Waals surface area contributed by atoms with E-state index in [2.05, 4.69) is 22.3 Å². The molecule has 0 spiro atoms. The molecule has 2 saturated heterocycles. The molecule has 4 heterocycles. The first-order valence-electron chi connectivity index (χ1n) is 13.8. The fraction of sp³-hybridized carbons (Fsp3) is 0.571. The third-order valence-corrected chi connectivity index (χ3v) is 8.85. The van der Waals surface area contributed by atoms with Crippen molar-refractivity contribution in [2.75, 3.05) is 29.9 Å². The molecule has 3 fully saturated rings. The minimum atomic E-state index is -0.178. The maximum atomic E-state index is 12.2. The van der Waals surface area contributed by atoms with Gasteiger partial charge in [-0.1, -0.05) is 6.42 Å². The van der Waals surface area contributed by atoms with Crippen molar-refractivity contribution in [1.29, 1.82) is 0 Å². The Morgan fingerprint density at radius 1 is 0.946 bits per heavy atom. The van der Waals surface area contributed by atoms with Gasteiger partial charge in [0.2, 0.25) is 11.9 Å². The average molecular weight is 521 g/mol. The minimum Gasteiger partial charge on any atom is -0.393 e. The van der Waals surface area contributed by atoms with Crippen molar-refractivity contribution in [3.05, 3.63) is 40.7 Å². The molecule has 0 unspecified atom stereocenters. The number of rotatable bonds is 7. The number of carbonyl (C=O) groups excluding carboxylic acids is 1. The van der Waals surface area contributed by atoms with E-state index in [-0.39, 0.29) is 12.0 Å². The number of piperidine rings is 1. The lowest BCUT2D eigenvalue weighted by Crippen LogP contribution is -2.31. The van der Waals surface area contributed by atoms with Crippen LogP contribution < -0.4 is 10.2 Å². The Bertz CT molecular complexity index is 1250. The van der Waals surface area contributed by atoms with E-state index in [1.165, 1.54) is 19.3 Å². The summed E-state index contributed by atoms with van der Waals surface area (Å²) in [5, 5.41) is 14.5. The standard InChI is InChI=1S/C28H36N6O2S/c35-23-9-6-19(7-10-23)29-28-30-20(15-21(31-28)18-33-12-2-1-3-13-33)16-26-32-24-11-8-22(17-25(24)37-26)34-14-4-5-27(34)36/h8,11,15,17,19,23,35H,1-7,9-10,12-14,16,18H2,(H,29,30,31). The van der Waals surface area contributed by atoms with Gasteiger partial charge in [0.1, 0.15) is 0 Å². The van der Waals surface area contributed by atoms with Crippen LogP contribution in [0.3, 0.4) is 0 Å². The lowest BCUT2D eigenvalue weighted by molar-refractivity contribution is -0.117. The molecule has 1 aromatic carbocycles. The molecule has 6 rings (SSSR count). The molecule has 0 atom stereocenters. The summed E-state index contributed by atoms with van der Waals surface area (Å²) in [7, 11) is 0. The summed E-state index contributed by atoms with van der Waals surface area (Å²) >= 11 is 1.68. The number of hydrogen-bond donors (Lipinski definition) is 2. The number of amides is 1. The normalized spacial score (nSPS) is 23.2. The Morgan fingerprint density at radius 2 is 1.76 bits per heavy atom. The molecule has 2 aliphatic heterocycles. The van der Waals surface area contributed by atoms with Crippen LogP contribution in [0.2, 0.25) is 0 Å². The first kappa shape index (κ1) is 24.7. The Labute approximate surface area is 222 Å². The molecular formula is C28H36N6O2S. The van der Waals surface area contributed by atoms with Gasteiger partial charge in [-0.25, -0.2) is 15.0 Å². The third kappa shape index (κ3) is 5.94. The van der Waals surface area contributed by atoms with Crippen molar-refractivity contribution in [3.8, 4) is 0 Å². The number of hydrogen-bond acceptors (Lipinski definition) is 8. The molecule has 3 aliphatic rings. The van der Waals surface area contributed by atoms with Crippen molar-refractivity contribution in [3.63, 3.8) is 0 Å². The number of anilines is 2. The zero-order valence-electron chi connectivity index (χ0n) is 21.4. The second-order valence-corrected chi connectivity index (χ2v) is 11.9. The van der Waals surface area contributed by atoms with Crippen LogP contribution in [0.5, 0.6) is 0 Å². The average Bonchev–Trinajstić information content (AvgIpc) is 3.50. The van der Waals surface area contributed by atoms with Gasteiger partial charge in [0.25, 0.3) is 0 Å². The lowest BCUT2D eigenvalue weighted by Gasteiger charge is -2.27. The van der Waals surface area contributed by atoms with E-state index in [9.17, 15) is 9.90 Å². The van der Waals surface area contributed by atoms with E-state index >= 15 is 0 Å². The number of benzene rings is 1. The van der Waals surface area contributed by atoms with Gasteiger partial charge < -0.3 is 15.3 Å². The smallest absolute Gasteiger partial charge is 0.227 e. The summed E-state index contributed by atoms with van der Waals surface area (Å²) in [6.45, 7) is 3.90. The van der Waals surface area contributed by atoms with Crippen molar-refractivity contribution >= 4 is 39.1 Å². The molecule has 1 amide bonds. The monoisotopic (exact) mass is 520 g/mol. The van der Waals surface area contributed by atoms with E-state index in [4.69, 9.17) is 15.0 Å². The van der Waals surface area contributed by atoms with Gasteiger partial charge in [-0.2, -0.15) is 0 Å². The van der Waals surface area contributed by atoms with Crippen LogP contribution in [0.15, 0.2) is 24.3 Å². The van der Waals surface area contributed by atoms with Crippen LogP contribution in [-0.4, -0.2) is 62.6 Å². The molecule has 37 heavy (non-hydrogen) atoms. The first-order valence-corrected chi connectivity index (χ1v) is 14.6. The molecule has 196 valence electrons. The highest BCUT2D eigenvalue weighted by Crippen LogP contribution is 2.30. The Morgan fingerprint density at radius 3 is 2.54 bits per heavy atom. The van der Waals surface area contributed by atoms with Crippen molar-refractivity contribution < 1.29 is 9.90 Å². The maximum absolute atomic E-state index is 12.2. The van der Waals surface area contributed by atoms with Crippen molar-refractivity contribution in [2.24, 2.45) is 0 Å². The molecule has 0 bridgehead atoms. The van der Waals surface area contributed by atoms with Gasteiger partial charge in [0.15, 0.2) is 0 Å². The fourth-order valence-electron chi connectivity index (χ4n) is 5.82. The second kappa shape index (κ2) is 11.0. The minimum absolute atomic E-state index is 0.178. The number of aliphatic hydroxyl groups is 1. The van der Waals surface area contributed by atoms with Crippen LogP contribution in [0.1, 0.15) is 74.2 Å². The summed E-state index contributed by atoms with van der Waals surface area (Å²) in [4.78, 5) is 31.3. The molecular weight excluding hydrogens is 484 g/mol. The third-order valence-electron chi connectivity index (χ3n) is 7.83. The predicted molar refractivity (Wildman–Crippen MR) is 147 cm³/mol. The largest absolute Gasteiger partial charge is 0.393 e. The van der Waals surface area contributed by atoms with Gasteiger partial charge in [0.05, 0.1) is 32.7 Å². The molecule has 8 nitrogen and oxygen atoms in total. The number of carbonyl (C=O) groups is 1. The molecule has 9 heteroatoms. The number of likely N-dealkylation sites (tertiary alicyclic amines) is 1. The summed E-state index contributed by atoms with van der Waals surface area (Å²) in [5.41, 5.74) is 3.98. The van der Waals surface area contributed by atoms with Crippen LogP contribution in [0, 0.1) is 0 Å². The maximum Gasteiger partial charge on any atom is 0.227 e. The molecule has 3 aromatic rings. The summed E-state index contributed by atoms with van der Waals surface area (Å²) < 4.78 is 1.11. The van der Waals surface area contributed by atoms with Crippen LogP contribution >= 0.6 is 11.3 Å². The van der Waals surface area contributed by atoms with Gasteiger partial charge in [-0.3, -0.25) is 9.69 Å². The topological polar surface area (TPSA) is 94.5 Å². The number of aliphatic hydroxyl groups excluding tert-OH is 1. The van der Waals surface area contributed by atoms with E-state index in [1.54, 1.807) is 11.3 Å². The van der Waals surface area contributed by atoms with Crippen LogP contribution in [0.4, 0.5) is 11.6 Å². The molecule has 1 saturated carbocycles. The number of nitrogens with zero attached hydrogens (tertiary/aromatic N) is 5. The van der Waals surface area contributed by atoms with Gasteiger partial charge in [-0.05, 0) is 82.3 Å². The number of nitrogens with one attached hydrogen (secondary N) is 1. The zero-order valence-corrected chi connectivity index (χ0v) is 22.2. The van der Waals surface area contributed by atoms with E-state index < -0.39 is 0 Å². The highest BCUT2D eigenvalue weighted by molar-refractivity contribution is 7.18. The van der Waals surface area contributed by atoms with Gasteiger partial charge in [0, 0.05) is 37.7 Å². The summed E-state index contributed by atoms with van der Waals surface area (Å²) in [6.07, 6.45) is 9.40. The van der Waals surface area contributed by atoms with Crippen LogP contribution in [0.25, 0.3) is 10.2 Å². The Hall–Kier alpha value is -2.62. The summed E-state index contributed by atoms with van der Waals surface area (Å²) in [5.74, 6) is 0.903. The van der Waals surface area contributed by atoms with E-state index in [1.807, 2.05) is 17.0 Å².